The highest BCUT2D eigenvalue weighted by Gasteiger charge is 2.33. The number of nitrogens with zero attached hydrogens (tertiary/aromatic N) is 2. The van der Waals surface area contributed by atoms with Gasteiger partial charge in [0.15, 0.2) is 5.66 Å². The Balaban J connectivity index is 1.60. The van der Waals surface area contributed by atoms with Crippen LogP contribution in [-0.4, -0.2) is 18.1 Å². The number of nitrogens with one attached hydrogen (secondary N) is 1. The Labute approximate surface area is 101 Å². The average Bonchev–Trinajstić information content (AvgIpc) is 3.07. The maximum atomic E-state index is 11.5. The van der Waals surface area contributed by atoms with E-state index in [-0.39, 0.29) is 11.6 Å². The number of hydrogen-bond acceptors (Lipinski definition) is 3. The minimum absolute atomic E-state index is 0.0828. The molecule has 0 bridgehead atoms. The van der Waals surface area contributed by atoms with E-state index in [0.29, 0.717) is 19.4 Å². The van der Waals surface area contributed by atoms with Crippen molar-refractivity contribution in [2.45, 2.75) is 31.8 Å². The number of carbonyl (C=O) groups is 1. The monoisotopic (exact) mass is 231 g/mol. The van der Waals surface area contributed by atoms with E-state index in [1.165, 1.54) is 5.56 Å². The van der Waals surface area contributed by atoms with Gasteiger partial charge in [0.2, 0.25) is 5.91 Å². The molecule has 1 aliphatic heterocycles. The molecule has 1 heterocycles. The van der Waals surface area contributed by atoms with E-state index in [0.717, 1.165) is 6.42 Å². The standard InChI is InChI=1S/C13H17N3O/c1-13(15-16-13)9-7-12(17)14-10-8-11-5-3-2-4-6-11/h2-6H,7-10H2,1H3,(H,14,17). The predicted octanol–water partition coefficient (Wildman–Crippen LogP) is 2.31. The summed E-state index contributed by atoms with van der Waals surface area (Å²) in [5.74, 6) is 0.0828. The highest BCUT2D eigenvalue weighted by molar-refractivity contribution is 5.75. The third-order valence-electron chi connectivity index (χ3n) is 2.85. The van der Waals surface area contributed by atoms with E-state index < -0.39 is 0 Å². The van der Waals surface area contributed by atoms with E-state index in [9.17, 15) is 4.79 Å². The number of carbonyl (C=O) groups excluding carboxylic acids is 1. The molecule has 0 spiro atoms. The van der Waals surface area contributed by atoms with Gasteiger partial charge in [-0.05, 0) is 18.9 Å². The van der Waals surface area contributed by atoms with E-state index >= 15 is 0 Å². The third-order valence-corrected chi connectivity index (χ3v) is 2.85. The van der Waals surface area contributed by atoms with Crippen LogP contribution in [0.1, 0.15) is 25.3 Å². The summed E-state index contributed by atoms with van der Waals surface area (Å²) in [7, 11) is 0. The molecular formula is C13H17N3O. The zero-order valence-electron chi connectivity index (χ0n) is 10.0. The van der Waals surface area contributed by atoms with Gasteiger partial charge in [0.1, 0.15) is 0 Å². The van der Waals surface area contributed by atoms with Crippen molar-refractivity contribution >= 4 is 5.91 Å². The average molecular weight is 231 g/mol. The smallest absolute Gasteiger partial charge is 0.220 e. The van der Waals surface area contributed by atoms with Crippen molar-refractivity contribution in [3.8, 4) is 0 Å². The van der Waals surface area contributed by atoms with Gasteiger partial charge in [-0.25, -0.2) is 0 Å². The zero-order chi connectivity index (χ0) is 12.1. The van der Waals surface area contributed by atoms with Gasteiger partial charge in [0.05, 0.1) is 0 Å². The SMILES string of the molecule is CC1(CCC(=O)NCCc2ccccc2)N=N1. The molecule has 4 nitrogen and oxygen atoms in total. The van der Waals surface area contributed by atoms with Crippen molar-refractivity contribution in [1.29, 1.82) is 0 Å². The van der Waals surface area contributed by atoms with E-state index in [2.05, 4.69) is 27.7 Å². The van der Waals surface area contributed by atoms with Gasteiger partial charge in [-0.1, -0.05) is 30.3 Å². The van der Waals surface area contributed by atoms with Gasteiger partial charge in [-0.15, -0.1) is 0 Å². The number of amides is 1. The van der Waals surface area contributed by atoms with Crippen LogP contribution >= 0.6 is 0 Å². The Bertz CT molecular complexity index is 408. The Morgan fingerprint density at radius 1 is 1.29 bits per heavy atom. The van der Waals surface area contributed by atoms with Crippen molar-refractivity contribution < 1.29 is 4.79 Å². The maximum Gasteiger partial charge on any atom is 0.220 e. The molecule has 1 amide bonds. The van der Waals surface area contributed by atoms with Gasteiger partial charge in [-0.3, -0.25) is 4.79 Å². The fourth-order valence-corrected chi connectivity index (χ4v) is 1.62. The highest BCUT2D eigenvalue weighted by Crippen LogP contribution is 2.31. The predicted molar refractivity (Wildman–Crippen MR) is 65.7 cm³/mol. The van der Waals surface area contributed by atoms with Gasteiger partial charge in [0.25, 0.3) is 0 Å². The second-order valence-electron chi connectivity index (χ2n) is 4.50. The number of benzene rings is 1. The Morgan fingerprint density at radius 2 is 2.00 bits per heavy atom. The largest absolute Gasteiger partial charge is 0.356 e. The molecule has 4 heteroatoms. The first-order valence-electron chi connectivity index (χ1n) is 5.93. The van der Waals surface area contributed by atoms with Crippen molar-refractivity contribution in [3.05, 3.63) is 35.9 Å². The van der Waals surface area contributed by atoms with Crippen LogP contribution in [-0.2, 0) is 11.2 Å². The molecule has 0 radical (unpaired) electrons. The lowest BCUT2D eigenvalue weighted by atomic mass is 10.1. The molecule has 1 aliphatic rings. The van der Waals surface area contributed by atoms with Gasteiger partial charge >= 0.3 is 0 Å². The summed E-state index contributed by atoms with van der Waals surface area (Å²) in [5.41, 5.74) is 0.975. The molecule has 0 fully saturated rings. The first kappa shape index (κ1) is 11.8. The molecule has 0 aromatic heterocycles. The first-order valence-corrected chi connectivity index (χ1v) is 5.93. The van der Waals surface area contributed by atoms with Crippen LogP contribution in [0, 0.1) is 0 Å². The number of hydrogen-bond donors (Lipinski definition) is 1. The molecular weight excluding hydrogens is 214 g/mol. The Morgan fingerprint density at radius 3 is 2.65 bits per heavy atom. The molecule has 0 atom stereocenters. The lowest BCUT2D eigenvalue weighted by Crippen LogP contribution is -2.26. The van der Waals surface area contributed by atoms with Crippen LogP contribution < -0.4 is 5.32 Å². The summed E-state index contributed by atoms with van der Waals surface area (Å²) in [4.78, 5) is 11.5. The summed E-state index contributed by atoms with van der Waals surface area (Å²) in [6, 6.07) is 10.1. The van der Waals surface area contributed by atoms with Crippen molar-refractivity contribution in [2.24, 2.45) is 10.2 Å². The zero-order valence-corrected chi connectivity index (χ0v) is 10.0. The fraction of sp³-hybridized carbons (Fsp3) is 0.462. The second kappa shape index (κ2) is 5.08. The highest BCUT2D eigenvalue weighted by atomic mass is 16.1. The van der Waals surface area contributed by atoms with Crippen LogP contribution in [0.25, 0.3) is 0 Å². The second-order valence-corrected chi connectivity index (χ2v) is 4.50. The van der Waals surface area contributed by atoms with Crippen LogP contribution in [0.4, 0.5) is 0 Å². The molecule has 0 saturated heterocycles. The minimum atomic E-state index is -0.267. The van der Waals surface area contributed by atoms with Crippen LogP contribution in [0.15, 0.2) is 40.6 Å². The lowest BCUT2D eigenvalue weighted by Gasteiger charge is -2.06. The Hall–Kier alpha value is -1.71. The first-order chi connectivity index (χ1) is 8.18. The summed E-state index contributed by atoms with van der Waals surface area (Å²) in [6.07, 6.45) is 2.08. The van der Waals surface area contributed by atoms with Crippen LogP contribution in [0.5, 0.6) is 0 Å². The topological polar surface area (TPSA) is 53.8 Å². The van der Waals surface area contributed by atoms with E-state index in [1.54, 1.807) is 0 Å². The Kier molecular flexibility index (Phi) is 3.52. The molecule has 0 saturated carbocycles. The summed E-state index contributed by atoms with van der Waals surface area (Å²) < 4.78 is 0. The van der Waals surface area contributed by atoms with Crippen LogP contribution in [0.2, 0.25) is 0 Å². The normalized spacial score (nSPS) is 15.6. The minimum Gasteiger partial charge on any atom is -0.356 e. The molecule has 17 heavy (non-hydrogen) atoms. The van der Waals surface area contributed by atoms with Crippen molar-refractivity contribution in [2.75, 3.05) is 6.54 Å². The van der Waals surface area contributed by atoms with E-state index in [4.69, 9.17) is 0 Å². The van der Waals surface area contributed by atoms with Gasteiger partial charge in [0, 0.05) is 19.4 Å². The molecule has 1 aromatic carbocycles. The van der Waals surface area contributed by atoms with Crippen molar-refractivity contribution in [1.82, 2.24) is 5.32 Å². The third kappa shape index (κ3) is 3.98. The van der Waals surface area contributed by atoms with E-state index in [1.807, 2.05) is 25.1 Å². The number of rotatable bonds is 6. The molecule has 1 aromatic rings. The maximum absolute atomic E-state index is 11.5. The molecule has 90 valence electrons. The van der Waals surface area contributed by atoms with Crippen LogP contribution in [0.3, 0.4) is 0 Å². The van der Waals surface area contributed by atoms with Gasteiger partial charge < -0.3 is 5.32 Å². The molecule has 2 rings (SSSR count). The molecule has 1 N–H and O–H groups in total. The summed E-state index contributed by atoms with van der Waals surface area (Å²) in [5, 5.41) is 10.7. The fourth-order valence-electron chi connectivity index (χ4n) is 1.62. The summed E-state index contributed by atoms with van der Waals surface area (Å²) >= 11 is 0. The van der Waals surface area contributed by atoms with Crippen molar-refractivity contribution in [3.63, 3.8) is 0 Å². The quantitative estimate of drug-likeness (QED) is 0.802. The molecule has 0 aliphatic carbocycles. The summed E-state index contributed by atoms with van der Waals surface area (Å²) in [6.45, 7) is 2.62. The van der Waals surface area contributed by atoms with Gasteiger partial charge in [-0.2, -0.15) is 10.2 Å². The lowest BCUT2D eigenvalue weighted by molar-refractivity contribution is -0.121. The molecule has 0 unspecified atom stereocenters.